The van der Waals surface area contributed by atoms with Gasteiger partial charge in [-0.05, 0) is 13.0 Å². The molecule has 6 nitrogen and oxygen atoms in total. The van der Waals surface area contributed by atoms with Gasteiger partial charge in [0.1, 0.15) is 0 Å². The van der Waals surface area contributed by atoms with Crippen molar-refractivity contribution in [3.8, 4) is 11.7 Å². The lowest BCUT2D eigenvalue weighted by atomic mass is 10.3. The highest BCUT2D eigenvalue weighted by molar-refractivity contribution is 5.49. The Hall–Kier alpha value is -1.66. The van der Waals surface area contributed by atoms with Gasteiger partial charge in [0.2, 0.25) is 0 Å². The van der Waals surface area contributed by atoms with Crippen LogP contribution < -0.4 is 5.73 Å². The molecule has 2 aromatic rings. The van der Waals surface area contributed by atoms with Crippen LogP contribution in [0.5, 0.6) is 0 Å². The summed E-state index contributed by atoms with van der Waals surface area (Å²) in [6.45, 7) is 1.64. The minimum atomic E-state index is -0.627. The number of hydrogen-bond donors (Lipinski definition) is 2. The highest BCUT2D eigenvalue weighted by Gasteiger charge is 2.17. The number of rotatable bonds is 3. The largest absolute Gasteiger partial charge is 0.459 e. The number of aromatic nitrogens is 2. The predicted octanol–water partition coefficient (Wildman–Crippen LogP) is 0.630. The van der Waals surface area contributed by atoms with Gasteiger partial charge in [0.05, 0.1) is 18.9 Å². The molecule has 80 valence electrons. The van der Waals surface area contributed by atoms with E-state index in [0.29, 0.717) is 5.76 Å². The molecule has 0 saturated heterocycles. The van der Waals surface area contributed by atoms with Crippen LogP contribution in [0, 0.1) is 6.92 Å². The number of nitrogens with two attached hydrogens (primary N) is 1. The Morgan fingerprint density at radius 3 is 3.00 bits per heavy atom. The van der Waals surface area contributed by atoms with E-state index in [1.54, 1.807) is 12.3 Å². The summed E-state index contributed by atoms with van der Waals surface area (Å²) in [7, 11) is 0. The molecule has 0 spiro atoms. The van der Waals surface area contributed by atoms with Crippen LogP contribution >= 0.6 is 0 Å². The lowest BCUT2D eigenvalue weighted by Crippen LogP contribution is -2.15. The van der Waals surface area contributed by atoms with E-state index in [-0.39, 0.29) is 18.3 Å². The second-order valence-electron chi connectivity index (χ2n) is 3.18. The molecule has 0 fully saturated rings. The van der Waals surface area contributed by atoms with Crippen LogP contribution in [0.4, 0.5) is 0 Å². The van der Waals surface area contributed by atoms with Crippen molar-refractivity contribution in [1.29, 1.82) is 0 Å². The van der Waals surface area contributed by atoms with Gasteiger partial charge in [-0.1, -0.05) is 5.16 Å². The van der Waals surface area contributed by atoms with Crippen molar-refractivity contribution in [3.63, 3.8) is 0 Å². The maximum absolute atomic E-state index is 8.81. The van der Waals surface area contributed by atoms with Crippen molar-refractivity contribution in [2.75, 3.05) is 6.61 Å². The molecule has 1 unspecified atom stereocenters. The maximum Gasteiger partial charge on any atom is 0.293 e. The van der Waals surface area contributed by atoms with Crippen molar-refractivity contribution in [1.82, 2.24) is 10.1 Å². The number of aliphatic hydroxyl groups is 1. The Kier molecular flexibility index (Phi) is 2.53. The Bertz CT molecular complexity index is 449. The van der Waals surface area contributed by atoms with Crippen molar-refractivity contribution < 1.29 is 14.0 Å². The third kappa shape index (κ3) is 1.77. The lowest BCUT2D eigenvalue weighted by molar-refractivity contribution is 0.260. The number of hydrogen-bond acceptors (Lipinski definition) is 6. The second-order valence-corrected chi connectivity index (χ2v) is 3.18. The van der Waals surface area contributed by atoms with E-state index in [9.17, 15) is 0 Å². The van der Waals surface area contributed by atoms with E-state index in [1.165, 1.54) is 0 Å². The van der Waals surface area contributed by atoms with Crippen molar-refractivity contribution in [2.45, 2.75) is 13.0 Å². The Balaban J connectivity index is 2.32. The number of aliphatic hydroxyl groups excluding tert-OH is 1. The molecule has 2 aromatic heterocycles. The molecule has 2 rings (SSSR count). The van der Waals surface area contributed by atoms with Crippen molar-refractivity contribution in [3.05, 3.63) is 23.7 Å². The number of furan rings is 1. The fourth-order valence-corrected chi connectivity index (χ4v) is 1.15. The molecule has 0 saturated carbocycles. The molecular weight excluding hydrogens is 198 g/mol. The van der Waals surface area contributed by atoms with Gasteiger partial charge in [-0.15, -0.1) is 0 Å². The molecule has 6 heteroatoms. The average molecular weight is 209 g/mol. The molecule has 0 amide bonds. The first kappa shape index (κ1) is 9.88. The molecule has 2 heterocycles. The van der Waals surface area contributed by atoms with Crippen LogP contribution in [0.3, 0.4) is 0 Å². The maximum atomic E-state index is 8.81. The van der Waals surface area contributed by atoms with E-state index in [0.717, 1.165) is 5.56 Å². The zero-order valence-corrected chi connectivity index (χ0v) is 8.17. The normalized spacial score (nSPS) is 13.0. The van der Waals surface area contributed by atoms with Gasteiger partial charge in [0, 0.05) is 5.56 Å². The summed E-state index contributed by atoms with van der Waals surface area (Å²) in [5.41, 5.74) is 6.44. The van der Waals surface area contributed by atoms with Crippen LogP contribution in [-0.4, -0.2) is 21.9 Å². The first-order valence-electron chi connectivity index (χ1n) is 4.47. The Labute approximate surface area is 85.7 Å². The zero-order valence-electron chi connectivity index (χ0n) is 8.17. The first-order chi connectivity index (χ1) is 7.22. The van der Waals surface area contributed by atoms with E-state index in [4.69, 9.17) is 19.8 Å². The summed E-state index contributed by atoms with van der Waals surface area (Å²) in [6, 6.07) is 1.17. The molecule has 0 aliphatic heterocycles. The van der Waals surface area contributed by atoms with Crippen molar-refractivity contribution >= 4 is 0 Å². The molecule has 0 radical (unpaired) electrons. The average Bonchev–Trinajstić information content (AvgIpc) is 2.84. The summed E-state index contributed by atoms with van der Waals surface area (Å²) in [5.74, 6) is 1.07. The summed E-state index contributed by atoms with van der Waals surface area (Å²) in [5, 5.41) is 12.5. The van der Waals surface area contributed by atoms with Crippen LogP contribution in [0.15, 0.2) is 21.3 Å². The SMILES string of the molecule is Cc1ccoc1-c1nc(C(N)CO)no1. The first-order valence-corrected chi connectivity index (χ1v) is 4.47. The Morgan fingerprint density at radius 1 is 1.60 bits per heavy atom. The van der Waals surface area contributed by atoms with E-state index < -0.39 is 6.04 Å². The van der Waals surface area contributed by atoms with Gasteiger partial charge in [0.25, 0.3) is 5.89 Å². The molecular formula is C9H11N3O3. The molecule has 0 aliphatic carbocycles. The van der Waals surface area contributed by atoms with Crippen LogP contribution in [0.25, 0.3) is 11.7 Å². The molecule has 0 aromatic carbocycles. The molecule has 1 atom stereocenters. The summed E-state index contributed by atoms with van der Waals surface area (Å²) in [4.78, 5) is 4.03. The third-order valence-corrected chi connectivity index (χ3v) is 2.03. The summed E-state index contributed by atoms with van der Waals surface area (Å²) in [6.07, 6.45) is 1.54. The van der Waals surface area contributed by atoms with E-state index in [1.807, 2.05) is 6.92 Å². The van der Waals surface area contributed by atoms with Gasteiger partial charge in [-0.3, -0.25) is 0 Å². The van der Waals surface area contributed by atoms with Crippen molar-refractivity contribution in [2.24, 2.45) is 5.73 Å². The van der Waals surface area contributed by atoms with E-state index in [2.05, 4.69) is 10.1 Å². The van der Waals surface area contributed by atoms with Crippen LogP contribution in [0.1, 0.15) is 17.4 Å². The summed E-state index contributed by atoms with van der Waals surface area (Å²) < 4.78 is 10.1. The topological polar surface area (TPSA) is 98.3 Å². The zero-order chi connectivity index (χ0) is 10.8. The molecule has 0 aliphatic rings. The fraction of sp³-hybridized carbons (Fsp3) is 0.333. The standard InChI is InChI=1S/C9H11N3O3/c1-5-2-3-14-7(5)9-11-8(12-15-9)6(10)4-13/h2-3,6,13H,4,10H2,1H3. The summed E-state index contributed by atoms with van der Waals surface area (Å²) >= 11 is 0. The second kappa shape index (κ2) is 3.84. The minimum Gasteiger partial charge on any atom is -0.459 e. The van der Waals surface area contributed by atoms with Gasteiger partial charge in [0.15, 0.2) is 11.6 Å². The molecule has 15 heavy (non-hydrogen) atoms. The highest BCUT2D eigenvalue weighted by Crippen LogP contribution is 2.23. The van der Waals surface area contributed by atoms with Gasteiger partial charge in [-0.2, -0.15) is 4.98 Å². The quantitative estimate of drug-likeness (QED) is 0.769. The Morgan fingerprint density at radius 2 is 2.40 bits per heavy atom. The molecule has 3 N–H and O–H groups in total. The smallest absolute Gasteiger partial charge is 0.293 e. The fourth-order valence-electron chi connectivity index (χ4n) is 1.15. The van der Waals surface area contributed by atoms with E-state index >= 15 is 0 Å². The highest BCUT2D eigenvalue weighted by atomic mass is 16.5. The number of aryl methyl sites for hydroxylation is 1. The third-order valence-electron chi connectivity index (χ3n) is 2.03. The van der Waals surface area contributed by atoms with Crippen LogP contribution in [0.2, 0.25) is 0 Å². The van der Waals surface area contributed by atoms with Gasteiger partial charge < -0.3 is 19.8 Å². The number of nitrogens with zero attached hydrogens (tertiary/aromatic N) is 2. The lowest BCUT2D eigenvalue weighted by Gasteiger charge is -1.98. The predicted molar refractivity (Wildman–Crippen MR) is 50.8 cm³/mol. The monoisotopic (exact) mass is 209 g/mol. The van der Waals surface area contributed by atoms with Gasteiger partial charge >= 0.3 is 0 Å². The molecule has 0 bridgehead atoms. The van der Waals surface area contributed by atoms with Gasteiger partial charge in [-0.25, -0.2) is 0 Å². The minimum absolute atomic E-state index is 0.226. The van der Waals surface area contributed by atoms with Crippen LogP contribution in [-0.2, 0) is 0 Å².